The van der Waals surface area contributed by atoms with Crippen molar-refractivity contribution in [2.45, 2.75) is 13.1 Å². The molecule has 5 rings (SSSR count). The molecule has 0 saturated carbocycles. The number of hydrogen-bond donors (Lipinski definition) is 2. The fourth-order valence-electron chi connectivity index (χ4n) is 3.72. The number of benzene rings is 2. The third-order valence-electron chi connectivity index (χ3n) is 5.56. The maximum atomic E-state index is 13.5. The van der Waals surface area contributed by atoms with Crippen molar-refractivity contribution in [3.8, 4) is 17.4 Å². The van der Waals surface area contributed by atoms with E-state index in [-0.39, 0.29) is 34.0 Å². The Bertz CT molecular complexity index is 1880. The van der Waals surface area contributed by atoms with Gasteiger partial charge in [0.25, 0.3) is 0 Å². The fourth-order valence-corrected chi connectivity index (χ4v) is 5.73. The second-order valence-corrected chi connectivity index (χ2v) is 11.5. The summed E-state index contributed by atoms with van der Waals surface area (Å²) in [4.78, 5) is 31.3. The summed E-state index contributed by atoms with van der Waals surface area (Å²) < 4.78 is 48.6. The third-order valence-corrected chi connectivity index (χ3v) is 7.27. The van der Waals surface area contributed by atoms with Crippen molar-refractivity contribution in [2.75, 3.05) is 5.73 Å². The lowest BCUT2D eigenvalue weighted by Crippen LogP contribution is -2.13. The highest BCUT2D eigenvalue weighted by molar-refractivity contribution is 9.11. The smallest absolute Gasteiger partial charge is 0.419 e. The topological polar surface area (TPSA) is 124 Å². The van der Waals surface area contributed by atoms with Crippen molar-refractivity contribution >= 4 is 82.0 Å². The number of carboxylic acids is 1. The Morgan fingerprint density at radius 2 is 1.83 bits per heavy atom. The number of aryl methyl sites for hydroxylation is 1. The van der Waals surface area contributed by atoms with Crippen LogP contribution in [-0.4, -0.2) is 25.6 Å². The molecule has 0 aliphatic heterocycles. The van der Waals surface area contributed by atoms with E-state index < -0.39 is 23.3 Å². The van der Waals surface area contributed by atoms with Gasteiger partial charge >= 0.3 is 17.8 Å². The number of carboxylic acid groups (broad SMARTS) is 1. The molecule has 8 nitrogen and oxygen atoms in total. The average molecular weight is 780 g/mol. The number of anilines is 1. The van der Waals surface area contributed by atoms with Crippen LogP contribution in [0, 0.1) is 6.92 Å². The van der Waals surface area contributed by atoms with Crippen LogP contribution in [-0.2, 0) is 6.18 Å². The molecule has 41 heavy (non-hydrogen) atoms. The first kappa shape index (κ1) is 30.8. The number of nitrogen functional groups attached to an aromatic ring is 1. The summed E-state index contributed by atoms with van der Waals surface area (Å²) in [6.07, 6.45) is -1.97. The van der Waals surface area contributed by atoms with Crippen LogP contribution in [0.3, 0.4) is 0 Å². The fraction of sp³-hybridized carbons (Fsp3) is 0.0769. The summed E-state index contributed by atoms with van der Waals surface area (Å²) in [5.74, 6) is -1.56. The van der Waals surface area contributed by atoms with E-state index in [9.17, 15) is 22.8 Å². The van der Waals surface area contributed by atoms with E-state index >= 15 is 0 Å². The Morgan fingerprint density at radius 1 is 1.12 bits per heavy atom. The molecule has 3 aromatic heterocycles. The number of aromatic carboxylic acids is 1. The molecule has 5 aromatic rings. The van der Waals surface area contributed by atoms with Gasteiger partial charge in [-0.1, -0.05) is 27.5 Å². The van der Waals surface area contributed by atoms with E-state index in [1.807, 2.05) is 0 Å². The number of hydrogen-bond acceptors (Lipinski definition) is 6. The van der Waals surface area contributed by atoms with Gasteiger partial charge in [0, 0.05) is 36.5 Å². The molecule has 0 amide bonds. The molecule has 2 aromatic carbocycles. The first-order chi connectivity index (χ1) is 19.2. The first-order valence-corrected chi connectivity index (χ1v) is 13.9. The number of fused-ring (bicyclic) bond motifs is 1. The molecule has 0 unspecified atom stereocenters. The zero-order valence-electron chi connectivity index (χ0n) is 20.4. The van der Waals surface area contributed by atoms with Crippen molar-refractivity contribution in [3.63, 3.8) is 0 Å². The monoisotopic (exact) mass is 776 g/mol. The predicted molar refractivity (Wildman–Crippen MR) is 158 cm³/mol. The molecular formula is C26H15Br3ClF3N4O4. The van der Waals surface area contributed by atoms with E-state index in [1.54, 1.807) is 25.1 Å². The Labute approximate surface area is 259 Å². The van der Waals surface area contributed by atoms with Crippen molar-refractivity contribution in [1.29, 1.82) is 0 Å². The maximum absolute atomic E-state index is 13.5. The molecule has 15 heteroatoms. The molecule has 3 heterocycles. The highest BCUT2D eigenvalue weighted by Crippen LogP contribution is 2.36. The Hall–Kier alpha value is -3.20. The molecule has 0 radical (unpaired) electrons. The molecule has 0 saturated heterocycles. The van der Waals surface area contributed by atoms with E-state index in [0.717, 1.165) is 6.07 Å². The number of nitrogens with two attached hydrogens (primary N) is 1. The summed E-state index contributed by atoms with van der Waals surface area (Å²) >= 11 is 15.5. The molecule has 212 valence electrons. The molecule has 0 fully saturated rings. The SMILES string of the molecule is Cc1cc(Cl)cc(C(=O)O)c1N.O=c1oc(-c2cc(Br)cn2-c2ncccc2C(F)(F)F)nc2c(Br)cc(Br)cc12. The molecule has 0 atom stereocenters. The van der Waals surface area contributed by atoms with Crippen molar-refractivity contribution in [2.24, 2.45) is 0 Å². The van der Waals surface area contributed by atoms with Crippen LogP contribution in [0.15, 0.2) is 77.5 Å². The summed E-state index contributed by atoms with van der Waals surface area (Å²) in [5.41, 5.74) is 5.37. The minimum absolute atomic E-state index is 0.0556. The molecule has 0 spiro atoms. The zero-order chi connectivity index (χ0) is 30.2. The quantitative estimate of drug-likeness (QED) is 0.177. The van der Waals surface area contributed by atoms with Gasteiger partial charge in [-0.2, -0.15) is 13.2 Å². The van der Waals surface area contributed by atoms with Gasteiger partial charge in [0.05, 0.1) is 22.0 Å². The molecule has 0 aliphatic carbocycles. The lowest BCUT2D eigenvalue weighted by Gasteiger charge is -2.14. The van der Waals surface area contributed by atoms with Gasteiger partial charge in [0.2, 0.25) is 5.89 Å². The number of nitrogens with zero attached hydrogens (tertiary/aromatic N) is 3. The summed E-state index contributed by atoms with van der Waals surface area (Å²) in [6, 6.07) is 9.85. The van der Waals surface area contributed by atoms with Gasteiger partial charge in [-0.05, 0) is 86.8 Å². The number of alkyl halides is 3. The third kappa shape index (κ3) is 6.66. The minimum Gasteiger partial charge on any atom is -0.478 e. The van der Waals surface area contributed by atoms with Crippen LogP contribution >= 0.6 is 59.4 Å². The lowest BCUT2D eigenvalue weighted by atomic mass is 10.1. The van der Waals surface area contributed by atoms with Gasteiger partial charge in [-0.15, -0.1) is 0 Å². The molecule has 0 bridgehead atoms. The van der Waals surface area contributed by atoms with Gasteiger partial charge in [0.1, 0.15) is 11.5 Å². The number of pyridine rings is 1. The van der Waals surface area contributed by atoms with Gasteiger partial charge < -0.3 is 15.3 Å². The Balaban J connectivity index is 0.000000271. The van der Waals surface area contributed by atoms with Crippen LogP contribution in [0.4, 0.5) is 18.9 Å². The van der Waals surface area contributed by atoms with Gasteiger partial charge in [-0.3, -0.25) is 4.57 Å². The second-order valence-electron chi connectivity index (χ2n) is 8.37. The summed E-state index contributed by atoms with van der Waals surface area (Å²) in [7, 11) is 0. The first-order valence-electron chi connectivity index (χ1n) is 11.2. The second kappa shape index (κ2) is 12.0. The highest BCUT2D eigenvalue weighted by atomic mass is 79.9. The van der Waals surface area contributed by atoms with Crippen LogP contribution in [0.1, 0.15) is 21.5 Å². The zero-order valence-corrected chi connectivity index (χ0v) is 25.9. The van der Waals surface area contributed by atoms with Crippen molar-refractivity contribution < 1.29 is 27.5 Å². The van der Waals surface area contributed by atoms with E-state index in [0.29, 0.717) is 29.5 Å². The lowest BCUT2D eigenvalue weighted by molar-refractivity contribution is -0.137. The van der Waals surface area contributed by atoms with Crippen LogP contribution in [0.5, 0.6) is 0 Å². The van der Waals surface area contributed by atoms with Crippen molar-refractivity contribution in [1.82, 2.24) is 14.5 Å². The van der Waals surface area contributed by atoms with Crippen LogP contribution in [0.2, 0.25) is 5.02 Å². The van der Waals surface area contributed by atoms with Crippen molar-refractivity contribution in [3.05, 3.63) is 100 Å². The number of aromatic nitrogens is 3. The van der Waals surface area contributed by atoms with Gasteiger partial charge in [0.15, 0.2) is 0 Å². The van der Waals surface area contributed by atoms with Gasteiger partial charge in [-0.25, -0.2) is 19.6 Å². The molecule has 0 aliphatic rings. The normalized spacial score (nSPS) is 11.3. The Morgan fingerprint density at radius 3 is 2.49 bits per heavy atom. The standard InChI is InChI=1S/C18H7Br3F3N3O2.C8H8ClNO2/c19-8-4-10-14(12(21)5-8)26-16(29-17(10)28)13-6-9(20)7-27(13)15-11(18(22,23)24)2-1-3-25-15;1-4-2-5(9)3-6(7(4)10)8(11)12/h1-7H;2-3H,10H2,1H3,(H,11,12). The Kier molecular flexibility index (Phi) is 8.97. The number of carbonyl (C=O) groups is 1. The molecular weight excluding hydrogens is 764 g/mol. The maximum Gasteiger partial charge on any atom is 0.419 e. The largest absolute Gasteiger partial charge is 0.478 e. The van der Waals surface area contributed by atoms with E-state index in [2.05, 4.69) is 57.8 Å². The van der Waals surface area contributed by atoms with E-state index in [1.165, 1.54) is 35.2 Å². The van der Waals surface area contributed by atoms with E-state index in [4.69, 9.17) is 26.9 Å². The average Bonchev–Trinajstić information content (AvgIpc) is 3.28. The number of rotatable bonds is 3. The highest BCUT2D eigenvalue weighted by Gasteiger charge is 2.35. The number of halogens is 7. The predicted octanol–water partition coefficient (Wildman–Crippen LogP) is 8.28. The summed E-state index contributed by atoms with van der Waals surface area (Å²) in [5, 5.41) is 9.29. The molecule has 3 N–H and O–H groups in total. The van der Waals surface area contributed by atoms with Crippen LogP contribution in [0.25, 0.3) is 28.3 Å². The summed E-state index contributed by atoms with van der Waals surface area (Å²) in [6.45, 7) is 1.72. The van der Waals surface area contributed by atoms with Crippen LogP contribution < -0.4 is 11.4 Å². The minimum atomic E-state index is -4.62.